The number of nitro benzene ring substituents is 1. The van der Waals surface area contributed by atoms with Gasteiger partial charge in [0, 0.05) is 30.8 Å². The van der Waals surface area contributed by atoms with Gasteiger partial charge in [0.25, 0.3) is 5.69 Å². The number of nitrogens with one attached hydrogen (secondary N) is 2. The summed E-state index contributed by atoms with van der Waals surface area (Å²) in [5.74, 6) is -0.452. The van der Waals surface area contributed by atoms with Crippen molar-refractivity contribution < 1.29 is 18.1 Å². The number of amides is 1. The van der Waals surface area contributed by atoms with Gasteiger partial charge in [-0.3, -0.25) is 14.9 Å². The van der Waals surface area contributed by atoms with Gasteiger partial charge in [-0.05, 0) is 25.1 Å². The number of aryl methyl sites for hydroxylation is 1. The van der Waals surface area contributed by atoms with Gasteiger partial charge in [-0.25, -0.2) is 13.1 Å². The molecule has 0 fully saturated rings. The summed E-state index contributed by atoms with van der Waals surface area (Å²) in [7, 11) is -3.68. The Morgan fingerprint density at radius 2 is 1.84 bits per heavy atom. The number of carbonyl (C=O) groups is 1. The van der Waals surface area contributed by atoms with E-state index in [9.17, 15) is 23.3 Å². The summed E-state index contributed by atoms with van der Waals surface area (Å²) in [4.78, 5) is 22.1. The van der Waals surface area contributed by atoms with Crippen LogP contribution in [0.15, 0.2) is 53.4 Å². The molecule has 8 nitrogen and oxygen atoms in total. The fourth-order valence-corrected chi connectivity index (χ4v) is 3.05. The quantitative estimate of drug-likeness (QED) is 0.577. The van der Waals surface area contributed by atoms with E-state index < -0.39 is 20.9 Å². The topological polar surface area (TPSA) is 118 Å². The standard InChI is InChI=1S/C16H17N3O5S/c1-12-5-7-15(8-6-12)25(23,24)17-10-9-16(20)18-13-3-2-4-14(11-13)19(21)22/h2-8,11,17H,9-10H2,1H3,(H,18,20). The highest BCUT2D eigenvalue weighted by molar-refractivity contribution is 7.89. The Hall–Kier alpha value is -2.78. The van der Waals surface area contributed by atoms with E-state index in [4.69, 9.17) is 0 Å². The van der Waals surface area contributed by atoms with E-state index in [1.165, 1.54) is 36.4 Å². The molecule has 0 saturated carbocycles. The Labute approximate surface area is 145 Å². The third kappa shape index (κ3) is 5.37. The monoisotopic (exact) mass is 363 g/mol. The predicted molar refractivity (Wildman–Crippen MR) is 92.7 cm³/mol. The first-order valence-corrected chi connectivity index (χ1v) is 8.87. The number of nitrogens with zero attached hydrogens (tertiary/aromatic N) is 1. The molecule has 0 aromatic heterocycles. The lowest BCUT2D eigenvalue weighted by Crippen LogP contribution is -2.27. The SMILES string of the molecule is Cc1ccc(S(=O)(=O)NCCC(=O)Nc2cccc([N+](=O)[O-])c2)cc1. The van der Waals surface area contributed by atoms with Crippen LogP contribution < -0.4 is 10.0 Å². The number of non-ortho nitro benzene ring substituents is 1. The van der Waals surface area contributed by atoms with E-state index in [0.717, 1.165) is 5.56 Å². The zero-order valence-electron chi connectivity index (χ0n) is 13.4. The van der Waals surface area contributed by atoms with Gasteiger partial charge >= 0.3 is 0 Å². The molecule has 1 amide bonds. The molecule has 2 aromatic carbocycles. The lowest BCUT2D eigenvalue weighted by Gasteiger charge is -2.08. The van der Waals surface area contributed by atoms with Crippen LogP contribution in [0.25, 0.3) is 0 Å². The van der Waals surface area contributed by atoms with Crippen molar-refractivity contribution in [1.29, 1.82) is 0 Å². The van der Waals surface area contributed by atoms with Gasteiger partial charge < -0.3 is 5.32 Å². The maximum atomic E-state index is 12.1. The fourth-order valence-electron chi connectivity index (χ4n) is 2.02. The Balaban J connectivity index is 1.89. The number of carbonyl (C=O) groups excluding carboxylic acids is 1. The first-order valence-electron chi connectivity index (χ1n) is 7.38. The van der Waals surface area contributed by atoms with Crippen LogP contribution in [0, 0.1) is 17.0 Å². The lowest BCUT2D eigenvalue weighted by molar-refractivity contribution is -0.384. The first kappa shape index (κ1) is 18.6. The molecule has 9 heteroatoms. The van der Waals surface area contributed by atoms with Crippen LogP contribution in [0.5, 0.6) is 0 Å². The Kier molecular flexibility index (Phi) is 5.84. The Bertz CT molecular complexity index is 879. The first-order chi connectivity index (χ1) is 11.8. The Morgan fingerprint density at radius 3 is 2.48 bits per heavy atom. The average molecular weight is 363 g/mol. The molecule has 2 aromatic rings. The minimum atomic E-state index is -3.68. The second-order valence-corrected chi connectivity index (χ2v) is 7.08. The van der Waals surface area contributed by atoms with Crippen molar-refractivity contribution in [2.45, 2.75) is 18.2 Å². The van der Waals surface area contributed by atoms with E-state index in [0.29, 0.717) is 0 Å². The van der Waals surface area contributed by atoms with Crippen LogP contribution in [-0.2, 0) is 14.8 Å². The molecule has 0 aliphatic carbocycles. The van der Waals surface area contributed by atoms with Crippen molar-refractivity contribution in [2.24, 2.45) is 0 Å². The molecule has 0 aliphatic rings. The maximum Gasteiger partial charge on any atom is 0.271 e. The van der Waals surface area contributed by atoms with E-state index >= 15 is 0 Å². The summed E-state index contributed by atoms with van der Waals surface area (Å²) >= 11 is 0. The van der Waals surface area contributed by atoms with Gasteiger partial charge in [0.05, 0.1) is 9.82 Å². The summed E-state index contributed by atoms with van der Waals surface area (Å²) < 4.78 is 26.5. The van der Waals surface area contributed by atoms with E-state index in [2.05, 4.69) is 10.0 Å². The highest BCUT2D eigenvalue weighted by atomic mass is 32.2. The second-order valence-electron chi connectivity index (χ2n) is 5.32. The summed E-state index contributed by atoms with van der Waals surface area (Å²) in [6, 6.07) is 11.9. The smallest absolute Gasteiger partial charge is 0.271 e. The van der Waals surface area contributed by atoms with Gasteiger partial charge in [-0.15, -0.1) is 0 Å². The highest BCUT2D eigenvalue weighted by Gasteiger charge is 2.14. The van der Waals surface area contributed by atoms with Crippen molar-refractivity contribution >= 4 is 27.3 Å². The number of hydrogen-bond donors (Lipinski definition) is 2. The highest BCUT2D eigenvalue weighted by Crippen LogP contribution is 2.17. The number of nitro groups is 1. The van der Waals surface area contributed by atoms with Crippen LogP contribution >= 0.6 is 0 Å². The second kappa shape index (κ2) is 7.86. The molecule has 0 unspecified atom stereocenters. The summed E-state index contributed by atoms with van der Waals surface area (Å²) in [5, 5.41) is 13.2. The summed E-state index contributed by atoms with van der Waals surface area (Å²) in [6.07, 6.45) is -0.103. The van der Waals surface area contributed by atoms with Crippen molar-refractivity contribution in [2.75, 3.05) is 11.9 Å². The normalized spacial score (nSPS) is 11.1. The lowest BCUT2D eigenvalue weighted by atomic mass is 10.2. The van der Waals surface area contributed by atoms with Crippen molar-refractivity contribution in [3.05, 3.63) is 64.2 Å². The number of rotatable bonds is 7. The van der Waals surface area contributed by atoms with Crippen LogP contribution in [0.2, 0.25) is 0 Å². The molecule has 0 radical (unpaired) electrons. The van der Waals surface area contributed by atoms with Gasteiger partial charge in [0.1, 0.15) is 0 Å². The minimum Gasteiger partial charge on any atom is -0.326 e. The number of anilines is 1. The predicted octanol–water partition coefficient (Wildman–Crippen LogP) is 2.21. The van der Waals surface area contributed by atoms with Crippen LogP contribution in [0.1, 0.15) is 12.0 Å². The van der Waals surface area contributed by atoms with Crippen molar-refractivity contribution in [1.82, 2.24) is 4.72 Å². The van der Waals surface area contributed by atoms with Gasteiger partial charge in [-0.1, -0.05) is 23.8 Å². The van der Waals surface area contributed by atoms with Gasteiger partial charge in [0.2, 0.25) is 15.9 Å². The van der Waals surface area contributed by atoms with E-state index in [1.807, 2.05) is 6.92 Å². The van der Waals surface area contributed by atoms with Gasteiger partial charge in [-0.2, -0.15) is 0 Å². The molecule has 0 saturated heterocycles. The maximum absolute atomic E-state index is 12.1. The number of sulfonamides is 1. The molecule has 0 spiro atoms. The molecule has 2 N–H and O–H groups in total. The van der Waals surface area contributed by atoms with Gasteiger partial charge in [0.15, 0.2) is 0 Å². The molecular formula is C16H17N3O5S. The number of benzene rings is 2. The summed E-state index contributed by atoms with van der Waals surface area (Å²) in [6.45, 7) is 1.76. The van der Waals surface area contributed by atoms with Crippen LogP contribution in [0.3, 0.4) is 0 Å². The molecule has 0 bridgehead atoms. The molecule has 0 atom stereocenters. The third-order valence-electron chi connectivity index (χ3n) is 3.32. The third-order valence-corrected chi connectivity index (χ3v) is 4.79. The molecule has 25 heavy (non-hydrogen) atoms. The number of hydrogen-bond acceptors (Lipinski definition) is 5. The van der Waals surface area contributed by atoms with Crippen molar-refractivity contribution in [3.8, 4) is 0 Å². The van der Waals surface area contributed by atoms with Crippen LogP contribution in [-0.4, -0.2) is 25.8 Å². The summed E-state index contributed by atoms with van der Waals surface area (Å²) in [5.41, 5.74) is 1.08. The largest absolute Gasteiger partial charge is 0.326 e. The zero-order valence-corrected chi connectivity index (χ0v) is 14.2. The van der Waals surface area contributed by atoms with E-state index in [-0.39, 0.29) is 29.2 Å². The van der Waals surface area contributed by atoms with Crippen LogP contribution in [0.4, 0.5) is 11.4 Å². The Morgan fingerprint density at radius 1 is 1.16 bits per heavy atom. The molecule has 132 valence electrons. The van der Waals surface area contributed by atoms with Crippen molar-refractivity contribution in [3.63, 3.8) is 0 Å². The molecule has 0 aliphatic heterocycles. The molecule has 2 rings (SSSR count). The minimum absolute atomic E-state index is 0.0863. The van der Waals surface area contributed by atoms with E-state index in [1.54, 1.807) is 12.1 Å². The molecular weight excluding hydrogens is 346 g/mol. The fraction of sp³-hybridized carbons (Fsp3) is 0.188. The average Bonchev–Trinajstić information content (AvgIpc) is 2.55. The zero-order chi connectivity index (χ0) is 18.4. The molecule has 0 heterocycles.